The van der Waals surface area contributed by atoms with Gasteiger partial charge in [0.15, 0.2) is 0 Å². The molecule has 88 valence electrons. The molecule has 0 amide bonds. The van der Waals surface area contributed by atoms with Crippen molar-refractivity contribution in [2.75, 3.05) is 19.8 Å². The fraction of sp³-hybridized carbons (Fsp3) is 0.455. The Morgan fingerprint density at radius 1 is 1.50 bits per heavy atom. The summed E-state index contributed by atoms with van der Waals surface area (Å²) in [4.78, 5) is 0. The number of morpholine rings is 1. The molecule has 3 nitrogen and oxygen atoms in total. The van der Waals surface area contributed by atoms with E-state index >= 15 is 0 Å². The van der Waals surface area contributed by atoms with Crippen molar-refractivity contribution in [2.24, 2.45) is 0 Å². The minimum absolute atomic E-state index is 0.0103. The third-order valence-corrected chi connectivity index (χ3v) is 2.80. The molecular weight excluding hydrogens is 233 g/mol. The second-order valence-corrected chi connectivity index (χ2v) is 4.24. The first-order chi connectivity index (χ1) is 7.69. The second kappa shape index (κ2) is 5.10. The quantitative estimate of drug-likeness (QED) is 0.830. The van der Waals surface area contributed by atoms with Gasteiger partial charge in [-0.3, -0.25) is 0 Å². The molecule has 1 heterocycles. The van der Waals surface area contributed by atoms with Crippen molar-refractivity contribution in [1.82, 2.24) is 5.32 Å². The largest absolute Gasteiger partial charge is 0.394 e. The Morgan fingerprint density at radius 2 is 2.31 bits per heavy atom. The SMILES string of the molecule is OCC1CNC(c2cc(F)cc(Cl)c2)CO1. The molecule has 0 aromatic heterocycles. The summed E-state index contributed by atoms with van der Waals surface area (Å²) in [5.41, 5.74) is 0.765. The minimum Gasteiger partial charge on any atom is -0.394 e. The maximum atomic E-state index is 13.1. The highest BCUT2D eigenvalue weighted by atomic mass is 35.5. The maximum absolute atomic E-state index is 13.1. The first kappa shape index (κ1) is 11.8. The minimum atomic E-state index is -0.353. The summed E-state index contributed by atoms with van der Waals surface area (Å²) in [5, 5.41) is 12.4. The Kier molecular flexibility index (Phi) is 3.76. The van der Waals surface area contributed by atoms with Crippen LogP contribution in [-0.2, 0) is 4.74 Å². The Morgan fingerprint density at radius 3 is 2.88 bits per heavy atom. The zero-order valence-corrected chi connectivity index (χ0v) is 9.38. The van der Waals surface area contributed by atoms with E-state index in [1.165, 1.54) is 12.1 Å². The van der Waals surface area contributed by atoms with Crippen molar-refractivity contribution in [3.63, 3.8) is 0 Å². The Hall–Kier alpha value is -0.680. The van der Waals surface area contributed by atoms with Crippen molar-refractivity contribution in [3.8, 4) is 0 Å². The summed E-state index contributed by atoms with van der Waals surface area (Å²) < 4.78 is 18.5. The molecule has 2 unspecified atom stereocenters. The van der Waals surface area contributed by atoms with E-state index < -0.39 is 0 Å². The molecule has 5 heteroatoms. The van der Waals surface area contributed by atoms with Crippen LogP contribution in [-0.4, -0.2) is 31.0 Å². The molecule has 1 aromatic rings. The predicted octanol–water partition coefficient (Wildman–Crippen LogP) is 1.50. The molecule has 1 aromatic carbocycles. The molecule has 2 atom stereocenters. The number of hydrogen-bond acceptors (Lipinski definition) is 3. The van der Waals surface area contributed by atoms with Crippen molar-refractivity contribution in [2.45, 2.75) is 12.1 Å². The second-order valence-electron chi connectivity index (χ2n) is 3.80. The lowest BCUT2D eigenvalue weighted by atomic mass is 10.1. The molecule has 1 aliphatic heterocycles. The molecule has 0 aliphatic carbocycles. The van der Waals surface area contributed by atoms with Crippen LogP contribution < -0.4 is 5.32 Å². The number of ether oxygens (including phenoxy) is 1. The van der Waals surface area contributed by atoms with Crippen molar-refractivity contribution in [3.05, 3.63) is 34.6 Å². The van der Waals surface area contributed by atoms with Crippen molar-refractivity contribution < 1.29 is 14.2 Å². The van der Waals surface area contributed by atoms with Gasteiger partial charge in [-0.25, -0.2) is 4.39 Å². The van der Waals surface area contributed by atoms with E-state index in [2.05, 4.69) is 5.32 Å². The van der Waals surface area contributed by atoms with Crippen LogP contribution in [0.25, 0.3) is 0 Å². The van der Waals surface area contributed by atoms with E-state index in [4.69, 9.17) is 21.4 Å². The van der Waals surface area contributed by atoms with E-state index in [9.17, 15) is 4.39 Å². The Balaban J connectivity index is 2.08. The van der Waals surface area contributed by atoms with Crippen LogP contribution in [0.1, 0.15) is 11.6 Å². The van der Waals surface area contributed by atoms with Gasteiger partial charge in [-0.2, -0.15) is 0 Å². The van der Waals surface area contributed by atoms with E-state index in [1.54, 1.807) is 6.07 Å². The van der Waals surface area contributed by atoms with Gasteiger partial charge in [-0.15, -0.1) is 0 Å². The van der Waals surface area contributed by atoms with E-state index in [0.29, 0.717) is 18.2 Å². The maximum Gasteiger partial charge on any atom is 0.125 e. The zero-order valence-electron chi connectivity index (χ0n) is 8.62. The van der Waals surface area contributed by atoms with Gasteiger partial charge in [0.2, 0.25) is 0 Å². The molecule has 0 spiro atoms. The smallest absolute Gasteiger partial charge is 0.125 e. The summed E-state index contributed by atoms with van der Waals surface area (Å²) in [5.74, 6) is -0.353. The van der Waals surface area contributed by atoms with Crippen molar-refractivity contribution in [1.29, 1.82) is 0 Å². The van der Waals surface area contributed by atoms with Crippen LogP contribution in [0.5, 0.6) is 0 Å². The average Bonchev–Trinajstić information content (AvgIpc) is 2.28. The van der Waals surface area contributed by atoms with Crippen LogP contribution in [0.4, 0.5) is 4.39 Å². The molecule has 2 N–H and O–H groups in total. The lowest BCUT2D eigenvalue weighted by Gasteiger charge is -2.29. The fourth-order valence-corrected chi connectivity index (χ4v) is 1.96. The van der Waals surface area contributed by atoms with Gasteiger partial charge in [0.05, 0.1) is 25.4 Å². The van der Waals surface area contributed by atoms with E-state index in [0.717, 1.165) is 5.56 Å². The van der Waals surface area contributed by atoms with Gasteiger partial charge in [-0.1, -0.05) is 11.6 Å². The number of aliphatic hydroxyl groups excluding tert-OH is 1. The number of hydrogen-bond donors (Lipinski definition) is 2. The normalized spacial score (nSPS) is 25.7. The molecular formula is C11H13ClFNO2. The molecule has 16 heavy (non-hydrogen) atoms. The standard InChI is InChI=1S/C11H13ClFNO2/c12-8-1-7(2-9(13)3-8)11-6-16-10(5-15)4-14-11/h1-3,10-11,14-15H,4-6H2. The zero-order chi connectivity index (χ0) is 11.5. The molecule has 0 bridgehead atoms. The summed E-state index contributed by atoms with van der Waals surface area (Å²) in [6.45, 7) is 0.948. The molecule has 0 radical (unpaired) electrons. The lowest BCUT2D eigenvalue weighted by molar-refractivity contribution is -0.0259. The summed E-state index contributed by atoms with van der Waals surface area (Å²) in [6, 6.07) is 4.35. The Bertz CT molecular complexity index is 347. The van der Waals surface area contributed by atoms with Gasteiger partial charge in [-0.05, 0) is 23.8 Å². The number of halogens is 2. The van der Waals surface area contributed by atoms with Crippen molar-refractivity contribution >= 4 is 11.6 Å². The number of rotatable bonds is 2. The molecule has 1 fully saturated rings. The number of benzene rings is 1. The number of nitrogens with one attached hydrogen (secondary N) is 1. The van der Waals surface area contributed by atoms with Gasteiger partial charge in [0.1, 0.15) is 5.82 Å². The van der Waals surface area contributed by atoms with Crippen LogP contribution in [0.3, 0.4) is 0 Å². The topological polar surface area (TPSA) is 41.5 Å². The summed E-state index contributed by atoms with van der Waals surface area (Å²) >= 11 is 5.78. The van der Waals surface area contributed by atoms with Crippen LogP contribution in [0.15, 0.2) is 18.2 Å². The highest BCUT2D eigenvalue weighted by Gasteiger charge is 2.22. The van der Waals surface area contributed by atoms with Crippen LogP contribution in [0.2, 0.25) is 5.02 Å². The first-order valence-electron chi connectivity index (χ1n) is 5.11. The van der Waals surface area contributed by atoms with Gasteiger partial charge < -0.3 is 15.2 Å². The van der Waals surface area contributed by atoms with Gasteiger partial charge >= 0.3 is 0 Å². The molecule has 1 aliphatic rings. The number of aliphatic hydroxyl groups is 1. The third kappa shape index (κ3) is 2.71. The highest BCUT2D eigenvalue weighted by molar-refractivity contribution is 6.30. The van der Waals surface area contributed by atoms with E-state index in [1.807, 2.05) is 0 Å². The van der Waals surface area contributed by atoms with Gasteiger partial charge in [0.25, 0.3) is 0 Å². The van der Waals surface area contributed by atoms with Crippen LogP contribution in [0, 0.1) is 5.82 Å². The molecule has 0 saturated carbocycles. The van der Waals surface area contributed by atoms with E-state index in [-0.39, 0.29) is 24.6 Å². The van der Waals surface area contributed by atoms with Crippen LogP contribution >= 0.6 is 11.6 Å². The third-order valence-electron chi connectivity index (χ3n) is 2.58. The average molecular weight is 246 g/mol. The first-order valence-corrected chi connectivity index (χ1v) is 5.48. The predicted molar refractivity (Wildman–Crippen MR) is 59.0 cm³/mol. The monoisotopic (exact) mass is 245 g/mol. The molecule has 1 saturated heterocycles. The lowest BCUT2D eigenvalue weighted by Crippen LogP contribution is -2.42. The highest BCUT2D eigenvalue weighted by Crippen LogP contribution is 2.22. The van der Waals surface area contributed by atoms with Gasteiger partial charge in [0, 0.05) is 11.6 Å². The fourth-order valence-electron chi connectivity index (χ4n) is 1.73. The Labute approximate surface area is 98.2 Å². The summed E-state index contributed by atoms with van der Waals surface area (Å²) in [7, 11) is 0. The molecule has 2 rings (SSSR count). The summed E-state index contributed by atoms with van der Waals surface area (Å²) in [6.07, 6.45) is -0.180.